The van der Waals surface area contributed by atoms with Gasteiger partial charge in [0.2, 0.25) is 5.91 Å². The minimum absolute atomic E-state index is 0.195. The van der Waals surface area contributed by atoms with Crippen molar-refractivity contribution in [3.8, 4) is 0 Å². The molecule has 0 bridgehead atoms. The predicted molar refractivity (Wildman–Crippen MR) is 109 cm³/mol. The monoisotopic (exact) mass is 414 g/mol. The highest BCUT2D eigenvalue weighted by Gasteiger charge is 2.33. The van der Waals surface area contributed by atoms with E-state index in [0.717, 1.165) is 5.82 Å². The fourth-order valence-corrected chi connectivity index (χ4v) is 3.65. The normalized spacial score (nSPS) is 19.1. The van der Waals surface area contributed by atoms with Crippen LogP contribution in [-0.2, 0) is 9.53 Å². The number of benzene rings is 1. The maximum atomic E-state index is 14.9. The molecule has 0 radical (unpaired) electrons. The predicted octanol–water partition coefficient (Wildman–Crippen LogP) is 1.40. The summed E-state index contributed by atoms with van der Waals surface area (Å²) in [5.41, 5.74) is 0.935. The Morgan fingerprint density at radius 2 is 2.00 bits per heavy atom. The molecule has 0 unspecified atom stereocenters. The zero-order valence-corrected chi connectivity index (χ0v) is 16.6. The second kappa shape index (κ2) is 8.52. The number of cyclic esters (lactones) is 1. The number of anilines is 3. The Bertz CT molecular complexity index is 920. The van der Waals surface area contributed by atoms with Crippen molar-refractivity contribution in [1.29, 1.82) is 0 Å². The van der Waals surface area contributed by atoms with Gasteiger partial charge in [0.1, 0.15) is 17.7 Å². The summed E-state index contributed by atoms with van der Waals surface area (Å²) in [6.45, 7) is 4.61. The molecule has 158 valence electrons. The van der Waals surface area contributed by atoms with Gasteiger partial charge in [-0.25, -0.2) is 14.2 Å². The summed E-state index contributed by atoms with van der Waals surface area (Å²) >= 11 is 0. The van der Waals surface area contributed by atoms with E-state index in [1.54, 1.807) is 30.7 Å². The average Bonchev–Trinajstić information content (AvgIpc) is 3.13. The molecule has 9 nitrogen and oxygen atoms in total. The minimum atomic E-state index is -0.546. The van der Waals surface area contributed by atoms with Gasteiger partial charge >= 0.3 is 6.09 Å². The number of hydrogen-bond acceptors (Lipinski definition) is 7. The van der Waals surface area contributed by atoms with E-state index < -0.39 is 18.0 Å². The first-order valence-corrected chi connectivity index (χ1v) is 9.79. The van der Waals surface area contributed by atoms with Gasteiger partial charge in [-0.05, 0) is 18.2 Å². The number of hydrogen-bond donors (Lipinski definition) is 1. The molecular formula is C20H23FN6O3. The number of aromatic nitrogens is 2. The molecule has 1 aromatic carbocycles. The van der Waals surface area contributed by atoms with Crippen molar-refractivity contribution >= 4 is 29.2 Å². The molecule has 1 aromatic heterocycles. The van der Waals surface area contributed by atoms with Gasteiger partial charge in [-0.15, -0.1) is 0 Å². The van der Waals surface area contributed by atoms with E-state index in [0.29, 0.717) is 37.6 Å². The molecule has 30 heavy (non-hydrogen) atoms. The molecule has 1 atom stereocenters. The van der Waals surface area contributed by atoms with E-state index in [1.165, 1.54) is 17.9 Å². The Hall–Kier alpha value is -3.43. The highest BCUT2D eigenvalue weighted by atomic mass is 19.1. The zero-order chi connectivity index (χ0) is 21.1. The summed E-state index contributed by atoms with van der Waals surface area (Å²) in [7, 11) is 0. The summed E-state index contributed by atoms with van der Waals surface area (Å²) in [5.74, 6) is 0.229. The van der Waals surface area contributed by atoms with E-state index in [2.05, 4.69) is 20.2 Å². The summed E-state index contributed by atoms with van der Waals surface area (Å²) < 4.78 is 20.1. The third-order valence-corrected chi connectivity index (χ3v) is 5.19. The van der Waals surface area contributed by atoms with Crippen LogP contribution in [0, 0.1) is 5.82 Å². The van der Waals surface area contributed by atoms with Gasteiger partial charge in [0.25, 0.3) is 0 Å². The first-order chi connectivity index (χ1) is 14.5. The highest BCUT2D eigenvalue weighted by molar-refractivity contribution is 5.90. The van der Waals surface area contributed by atoms with Crippen molar-refractivity contribution in [3.63, 3.8) is 0 Å². The SMILES string of the molecule is CC(=O)NC[C@H]1CN(c2ccc(N3CCN(c4cnccn4)CC3)c(F)c2)C(=O)O1. The number of rotatable bonds is 5. The number of ether oxygens (including phenoxy) is 1. The van der Waals surface area contributed by atoms with Gasteiger partial charge in [0, 0.05) is 45.5 Å². The Labute approximate surface area is 173 Å². The minimum Gasteiger partial charge on any atom is -0.442 e. The lowest BCUT2D eigenvalue weighted by Gasteiger charge is -2.36. The molecular weight excluding hydrogens is 391 g/mol. The first kappa shape index (κ1) is 19.9. The van der Waals surface area contributed by atoms with Crippen LogP contribution >= 0.6 is 0 Å². The van der Waals surface area contributed by atoms with Crippen LogP contribution in [0.15, 0.2) is 36.8 Å². The van der Waals surface area contributed by atoms with Crippen molar-refractivity contribution in [2.75, 3.05) is 54.0 Å². The maximum absolute atomic E-state index is 14.9. The molecule has 2 aliphatic rings. The maximum Gasteiger partial charge on any atom is 0.414 e. The van der Waals surface area contributed by atoms with E-state index in [-0.39, 0.29) is 19.0 Å². The summed E-state index contributed by atoms with van der Waals surface area (Å²) in [4.78, 5) is 37.1. The number of amides is 2. The van der Waals surface area contributed by atoms with E-state index in [1.807, 2.05) is 4.90 Å². The van der Waals surface area contributed by atoms with Crippen molar-refractivity contribution < 1.29 is 18.7 Å². The molecule has 2 amide bonds. The Morgan fingerprint density at radius 3 is 2.67 bits per heavy atom. The van der Waals surface area contributed by atoms with Crippen molar-refractivity contribution in [1.82, 2.24) is 15.3 Å². The number of halogens is 1. The van der Waals surface area contributed by atoms with Crippen LogP contribution in [0.3, 0.4) is 0 Å². The van der Waals surface area contributed by atoms with Crippen molar-refractivity contribution in [2.24, 2.45) is 0 Å². The molecule has 0 spiro atoms. The second-order valence-electron chi connectivity index (χ2n) is 7.23. The lowest BCUT2D eigenvalue weighted by Crippen LogP contribution is -2.47. The summed E-state index contributed by atoms with van der Waals surface area (Å²) in [5, 5.41) is 2.62. The lowest BCUT2D eigenvalue weighted by molar-refractivity contribution is -0.119. The molecule has 4 rings (SSSR count). The third-order valence-electron chi connectivity index (χ3n) is 5.19. The van der Waals surface area contributed by atoms with Crippen LogP contribution in [0.25, 0.3) is 0 Å². The topological polar surface area (TPSA) is 90.9 Å². The molecule has 2 fully saturated rings. The van der Waals surface area contributed by atoms with Crippen LogP contribution in [0.5, 0.6) is 0 Å². The van der Waals surface area contributed by atoms with E-state index >= 15 is 0 Å². The Morgan fingerprint density at radius 1 is 1.23 bits per heavy atom. The molecule has 10 heteroatoms. The second-order valence-corrected chi connectivity index (χ2v) is 7.23. The highest BCUT2D eigenvalue weighted by Crippen LogP contribution is 2.28. The molecule has 3 heterocycles. The van der Waals surface area contributed by atoms with Crippen LogP contribution in [0.4, 0.5) is 26.4 Å². The first-order valence-electron chi connectivity index (χ1n) is 9.79. The van der Waals surface area contributed by atoms with Gasteiger partial charge in [-0.2, -0.15) is 0 Å². The molecule has 2 aliphatic heterocycles. The largest absolute Gasteiger partial charge is 0.442 e. The fraction of sp³-hybridized carbons (Fsp3) is 0.400. The standard InChI is InChI=1S/C20H23FN6O3/c1-14(28)24-11-16-13-27(20(29)30-16)15-2-3-18(17(21)10-15)25-6-8-26(9-7-25)19-12-22-4-5-23-19/h2-5,10,12,16H,6-9,11,13H2,1H3,(H,24,28)/t16-/m0/s1. The number of carbonyl (C=O) groups is 2. The Balaban J connectivity index is 1.39. The summed E-state index contributed by atoms with van der Waals surface area (Å²) in [6, 6.07) is 4.76. The number of piperazine rings is 1. The third kappa shape index (κ3) is 4.27. The lowest BCUT2D eigenvalue weighted by atomic mass is 10.2. The van der Waals surface area contributed by atoms with Gasteiger partial charge < -0.3 is 19.9 Å². The number of nitrogens with zero attached hydrogens (tertiary/aromatic N) is 5. The molecule has 0 aliphatic carbocycles. The zero-order valence-electron chi connectivity index (χ0n) is 16.6. The van der Waals surface area contributed by atoms with Gasteiger partial charge in [0.15, 0.2) is 0 Å². The smallest absolute Gasteiger partial charge is 0.414 e. The van der Waals surface area contributed by atoms with Gasteiger partial charge in [-0.3, -0.25) is 14.7 Å². The molecule has 1 N–H and O–H groups in total. The average molecular weight is 414 g/mol. The van der Waals surface area contributed by atoms with Crippen molar-refractivity contribution in [2.45, 2.75) is 13.0 Å². The van der Waals surface area contributed by atoms with Crippen LogP contribution < -0.4 is 20.0 Å². The number of nitrogens with one attached hydrogen (secondary N) is 1. The molecule has 2 saturated heterocycles. The van der Waals surface area contributed by atoms with Crippen molar-refractivity contribution in [3.05, 3.63) is 42.6 Å². The van der Waals surface area contributed by atoms with Gasteiger partial charge in [0.05, 0.1) is 30.7 Å². The van der Waals surface area contributed by atoms with E-state index in [4.69, 9.17) is 4.74 Å². The summed E-state index contributed by atoms with van der Waals surface area (Å²) in [6.07, 6.45) is 4.01. The molecule has 0 saturated carbocycles. The van der Waals surface area contributed by atoms with Crippen LogP contribution in [0.1, 0.15) is 6.92 Å². The fourth-order valence-electron chi connectivity index (χ4n) is 3.65. The number of carbonyl (C=O) groups excluding carboxylic acids is 2. The van der Waals surface area contributed by atoms with Gasteiger partial charge in [-0.1, -0.05) is 0 Å². The molecule has 2 aromatic rings. The van der Waals surface area contributed by atoms with Crippen LogP contribution in [-0.4, -0.2) is 67.3 Å². The van der Waals surface area contributed by atoms with E-state index in [9.17, 15) is 14.0 Å². The Kier molecular flexibility index (Phi) is 5.64. The van der Waals surface area contributed by atoms with Crippen LogP contribution in [0.2, 0.25) is 0 Å². The quantitative estimate of drug-likeness (QED) is 0.791.